The lowest BCUT2D eigenvalue weighted by molar-refractivity contribution is 0.0745. The number of phenolic OH excluding ortho intramolecular Hbond substituents is 1. The van der Waals surface area contributed by atoms with Crippen LogP contribution in [0.4, 0.5) is 5.82 Å². The van der Waals surface area contributed by atoms with Gasteiger partial charge in [-0.3, -0.25) is 14.6 Å². The fraction of sp³-hybridized carbons (Fsp3) is 0.296. The number of hydrogen-bond acceptors (Lipinski definition) is 9. The van der Waals surface area contributed by atoms with Crippen molar-refractivity contribution in [3.05, 3.63) is 77.2 Å². The minimum atomic E-state index is -3.87. The number of aromatic nitrogens is 3. The number of phenols is 1. The van der Waals surface area contributed by atoms with Crippen LogP contribution in [0.2, 0.25) is 0 Å². The van der Waals surface area contributed by atoms with Crippen LogP contribution in [-0.2, 0) is 10.0 Å². The molecule has 1 fully saturated rings. The van der Waals surface area contributed by atoms with Crippen molar-refractivity contribution in [2.75, 3.05) is 31.1 Å². The van der Waals surface area contributed by atoms with Crippen LogP contribution in [0.3, 0.4) is 0 Å². The molecule has 0 radical (unpaired) electrons. The van der Waals surface area contributed by atoms with Gasteiger partial charge in [-0.2, -0.15) is 0 Å². The Morgan fingerprint density at radius 3 is 2.31 bits per heavy atom. The van der Waals surface area contributed by atoms with Crippen LogP contribution >= 0.6 is 0 Å². The molecule has 3 heterocycles. The van der Waals surface area contributed by atoms with Crippen molar-refractivity contribution in [2.24, 2.45) is 0 Å². The average Bonchev–Trinajstić information content (AvgIpc) is 2.91. The number of sulfonamides is 1. The number of carbonyl (C=O) groups is 2. The zero-order valence-electron chi connectivity index (χ0n) is 21.7. The maximum Gasteiger partial charge on any atom is 0.285 e. The van der Waals surface area contributed by atoms with E-state index in [9.17, 15) is 23.1 Å². The molecule has 1 aliphatic heterocycles. The Labute approximate surface area is 226 Å². The summed E-state index contributed by atoms with van der Waals surface area (Å²) in [6.45, 7) is 6.33. The average molecular weight is 549 g/mol. The molecular formula is C27H28N6O5S. The minimum absolute atomic E-state index is 0.111. The van der Waals surface area contributed by atoms with Gasteiger partial charge < -0.3 is 14.9 Å². The maximum atomic E-state index is 13.1. The maximum absolute atomic E-state index is 13.1. The monoisotopic (exact) mass is 548 g/mol. The molecule has 2 amide bonds. The first-order valence-corrected chi connectivity index (χ1v) is 13.6. The Morgan fingerprint density at radius 2 is 1.67 bits per heavy atom. The van der Waals surface area contributed by atoms with Gasteiger partial charge in [0.15, 0.2) is 11.5 Å². The SMILES string of the molecule is CC(C)(C)S(=O)(=O)NC(=O)c1ccc(N2CCN(C(=O)c3cncc(C#Cc4cccc(O)c4)c3)CC2)nn1. The van der Waals surface area contributed by atoms with E-state index in [-0.39, 0.29) is 17.4 Å². The van der Waals surface area contributed by atoms with E-state index in [1.54, 1.807) is 47.5 Å². The number of nitrogens with zero attached hydrogens (tertiary/aromatic N) is 5. The fourth-order valence-electron chi connectivity index (χ4n) is 3.62. The third-order valence-electron chi connectivity index (χ3n) is 5.99. The van der Waals surface area contributed by atoms with Gasteiger partial charge in [0.05, 0.1) is 10.3 Å². The van der Waals surface area contributed by atoms with Crippen molar-refractivity contribution in [3.8, 4) is 17.6 Å². The van der Waals surface area contributed by atoms with Crippen LogP contribution in [0.25, 0.3) is 0 Å². The highest BCUT2D eigenvalue weighted by atomic mass is 32.2. The number of pyridine rings is 1. The third kappa shape index (κ3) is 6.69. The number of anilines is 1. The van der Waals surface area contributed by atoms with Crippen LogP contribution in [0.5, 0.6) is 5.75 Å². The minimum Gasteiger partial charge on any atom is -0.508 e. The highest BCUT2D eigenvalue weighted by molar-refractivity contribution is 7.91. The molecule has 0 saturated carbocycles. The molecule has 1 aliphatic rings. The predicted molar refractivity (Wildman–Crippen MR) is 145 cm³/mol. The normalized spacial score (nSPS) is 13.8. The molecule has 0 atom stereocenters. The summed E-state index contributed by atoms with van der Waals surface area (Å²) in [5, 5.41) is 17.6. The summed E-state index contributed by atoms with van der Waals surface area (Å²) < 4.78 is 25.3. The number of piperazine rings is 1. The largest absolute Gasteiger partial charge is 0.508 e. The molecule has 1 aromatic carbocycles. The zero-order valence-corrected chi connectivity index (χ0v) is 22.6. The van der Waals surface area contributed by atoms with Gasteiger partial charge in [0.2, 0.25) is 10.0 Å². The Kier molecular flexibility index (Phi) is 7.83. The van der Waals surface area contributed by atoms with Crippen molar-refractivity contribution in [1.29, 1.82) is 0 Å². The molecule has 39 heavy (non-hydrogen) atoms. The molecular weight excluding hydrogens is 520 g/mol. The summed E-state index contributed by atoms with van der Waals surface area (Å²) in [6.07, 6.45) is 3.08. The Hall–Kier alpha value is -4.50. The lowest BCUT2D eigenvalue weighted by Gasteiger charge is -2.35. The summed E-state index contributed by atoms with van der Waals surface area (Å²) >= 11 is 0. The first kappa shape index (κ1) is 27.5. The molecule has 0 bridgehead atoms. The van der Waals surface area contributed by atoms with Crippen molar-refractivity contribution >= 4 is 27.7 Å². The molecule has 11 nitrogen and oxygen atoms in total. The van der Waals surface area contributed by atoms with Gasteiger partial charge in [0, 0.05) is 49.7 Å². The smallest absolute Gasteiger partial charge is 0.285 e. The number of aromatic hydroxyl groups is 1. The summed E-state index contributed by atoms with van der Waals surface area (Å²) in [5.41, 5.74) is 1.54. The molecule has 2 N–H and O–H groups in total. The molecule has 0 unspecified atom stereocenters. The summed E-state index contributed by atoms with van der Waals surface area (Å²) in [7, 11) is -3.87. The van der Waals surface area contributed by atoms with Crippen LogP contribution in [0, 0.1) is 11.8 Å². The quantitative estimate of drug-likeness (QED) is 0.466. The number of carbonyl (C=O) groups excluding carboxylic acids is 2. The van der Waals surface area contributed by atoms with Crippen molar-refractivity contribution in [1.82, 2.24) is 24.8 Å². The van der Waals surface area contributed by atoms with E-state index in [1.165, 1.54) is 33.0 Å². The molecule has 1 saturated heterocycles. The molecule has 0 spiro atoms. The fourth-order valence-corrected chi connectivity index (χ4v) is 4.27. The number of rotatable bonds is 4. The first-order valence-electron chi connectivity index (χ1n) is 12.1. The van der Waals surface area contributed by atoms with Gasteiger partial charge in [-0.1, -0.05) is 17.9 Å². The van der Waals surface area contributed by atoms with E-state index < -0.39 is 20.7 Å². The second kappa shape index (κ2) is 11.1. The lowest BCUT2D eigenvalue weighted by Crippen LogP contribution is -2.49. The summed E-state index contributed by atoms with van der Waals surface area (Å²) in [4.78, 5) is 33.2. The summed E-state index contributed by atoms with van der Waals surface area (Å²) in [6, 6.07) is 11.3. The van der Waals surface area contributed by atoms with E-state index in [0.29, 0.717) is 48.7 Å². The Balaban J connectivity index is 1.36. The Morgan fingerprint density at radius 1 is 0.949 bits per heavy atom. The highest BCUT2D eigenvalue weighted by Gasteiger charge is 2.31. The van der Waals surface area contributed by atoms with Gasteiger partial charge in [-0.05, 0) is 57.2 Å². The Bertz CT molecular complexity index is 1550. The van der Waals surface area contributed by atoms with Crippen LogP contribution in [0.1, 0.15) is 52.7 Å². The van der Waals surface area contributed by atoms with Crippen molar-refractivity contribution < 1.29 is 23.1 Å². The highest BCUT2D eigenvalue weighted by Crippen LogP contribution is 2.17. The second-order valence-electron chi connectivity index (χ2n) is 9.87. The number of benzene rings is 1. The van der Waals surface area contributed by atoms with Crippen LogP contribution < -0.4 is 9.62 Å². The summed E-state index contributed by atoms with van der Waals surface area (Å²) in [5.74, 6) is 5.55. The van der Waals surface area contributed by atoms with E-state index in [1.807, 2.05) is 9.62 Å². The van der Waals surface area contributed by atoms with Gasteiger partial charge >= 0.3 is 0 Å². The second-order valence-corrected chi connectivity index (χ2v) is 12.3. The molecule has 0 aliphatic carbocycles. The van der Waals surface area contributed by atoms with E-state index in [2.05, 4.69) is 27.0 Å². The zero-order chi connectivity index (χ0) is 28.2. The van der Waals surface area contributed by atoms with E-state index >= 15 is 0 Å². The van der Waals surface area contributed by atoms with Gasteiger partial charge in [0.25, 0.3) is 11.8 Å². The number of hydrogen-bond donors (Lipinski definition) is 2. The van der Waals surface area contributed by atoms with E-state index in [4.69, 9.17) is 0 Å². The van der Waals surface area contributed by atoms with E-state index in [0.717, 1.165) is 0 Å². The third-order valence-corrected chi connectivity index (χ3v) is 8.06. The van der Waals surface area contributed by atoms with Gasteiger partial charge in [-0.25, -0.2) is 13.1 Å². The first-order chi connectivity index (χ1) is 18.4. The van der Waals surface area contributed by atoms with Crippen LogP contribution in [0.15, 0.2) is 54.9 Å². The molecule has 4 rings (SSSR count). The van der Waals surface area contributed by atoms with Gasteiger partial charge in [0.1, 0.15) is 5.75 Å². The standard InChI is InChI=1S/C27H28N6O5S/c1-27(2,3)39(37,38)31-25(35)23-9-10-24(30-29-23)32-11-13-33(14-12-32)26(36)21-15-20(17-28-18-21)8-7-19-5-4-6-22(34)16-19/h4-6,9-10,15-18,34H,11-14H2,1-3H3,(H,31,35). The molecule has 3 aromatic rings. The molecule has 12 heteroatoms. The molecule has 202 valence electrons. The number of nitrogens with one attached hydrogen (secondary N) is 1. The van der Waals surface area contributed by atoms with Crippen molar-refractivity contribution in [3.63, 3.8) is 0 Å². The van der Waals surface area contributed by atoms with Crippen LogP contribution in [-0.4, -0.2) is 76.3 Å². The predicted octanol–water partition coefficient (Wildman–Crippen LogP) is 1.80. The topological polar surface area (TPSA) is 146 Å². The van der Waals surface area contributed by atoms with Gasteiger partial charge in [-0.15, -0.1) is 10.2 Å². The van der Waals surface area contributed by atoms with Crippen molar-refractivity contribution in [2.45, 2.75) is 25.5 Å². The lowest BCUT2D eigenvalue weighted by atomic mass is 10.1. The molecule has 2 aromatic heterocycles. The number of amides is 2.